The highest BCUT2D eigenvalue weighted by Gasteiger charge is 2.39. The highest BCUT2D eigenvalue weighted by molar-refractivity contribution is 7.11. The molecule has 2 N–H and O–H groups in total. The fraction of sp³-hybridized carbons (Fsp3) is 0.867. The van der Waals surface area contributed by atoms with Crippen LogP contribution >= 0.6 is 11.3 Å². The average Bonchev–Trinajstić information content (AvgIpc) is 2.73. The number of hydrogen-bond acceptors (Lipinski definition) is 5. The minimum atomic E-state index is -1.76. The van der Waals surface area contributed by atoms with Crippen molar-refractivity contribution in [3.63, 3.8) is 0 Å². The Morgan fingerprint density at radius 1 is 1.33 bits per heavy atom. The summed E-state index contributed by atoms with van der Waals surface area (Å²) in [4.78, 5) is 0. The zero-order valence-electron chi connectivity index (χ0n) is 14.1. The second kappa shape index (κ2) is 6.06. The Morgan fingerprint density at radius 2 is 1.95 bits per heavy atom. The summed E-state index contributed by atoms with van der Waals surface area (Å²) in [5.74, 6) is 0.706. The Balaban J connectivity index is 1.94. The van der Waals surface area contributed by atoms with Crippen molar-refractivity contribution in [1.82, 2.24) is 10.2 Å². The van der Waals surface area contributed by atoms with Gasteiger partial charge in [0, 0.05) is 12.5 Å². The van der Waals surface area contributed by atoms with Crippen LogP contribution in [-0.4, -0.2) is 24.6 Å². The van der Waals surface area contributed by atoms with Gasteiger partial charge in [0.1, 0.15) is 10.0 Å². The summed E-state index contributed by atoms with van der Waals surface area (Å²) in [7, 11) is -1.76. The van der Waals surface area contributed by atoms with Crippen LogP contribution < -0.4 is 5.73 Å². The van der Waals surface area contributed by atoms with Crippen molar-refractivity contribution >= 4 is 19.7 Å². The molecule has 120 valence electrons. The lowest BCUT2D eigenvalue weighted by atomic mass is 9.79. The Hall–Kier alpha value is -0.303. The molecule has 0 radical (unpaired) electrons. The molecule has 1 aromatic rings. The number of nitrogens with zero attached hydrogens (tertiary/aromatic N) is 2. The molecule has 6 heteroatoms. The number of aromatic nitrogens is 2. The molecule has 1 fully saturated rings. The molecule has 1 aromatic heterocycles. The molecule has 0 spiro atoms. The first-order valence-corrected chi connectivity index (χ1v) is 11.6. The lowest BCUT2D eigenvalue weighted by molar-refractivity contribution is 0.201. The van der Waals surface area contributed by atoms with Gasteiger partial charge >= 0.3 is 0 Å². The van der Waals surface area contributed by atoms with Gasteiger partial charge in [0.05, 0.1) is 6.10 Å². The topological polar surface area (TPSA) is 61.0 Å². The molecule has 1 aliphatic carbocycles. The molecule has 1 aliphatic rings. The van der Waals surface area contributed by atoms with Crippen molar-refractivity contribution in [1.29, 1.82) is 0 Å². The van der Waals surface area contributed by atoms with Crippen LogP contribution in [0.3, 0.4) is 0 Å². The van der Waals surface area contributed by atoms with Crippen LogP contribution in [0.15, 0.2) is 0 Å². The van der Waals surface area contributed by atoms with Gasteiger partial charge in [-0.1, -0.05) is 32.1 Å². The molecule has 0 aliphatic heterocycles. The first-order chi connectivity index (χ1) is 9.58. The Labute approximate surface area is 133 Å². The Bertz CT molecular complexity index is 478. The molecule has 0 amide bonds. The molecule has 1 heterocycles. The molecule has 1 saturated carbocycles. The third-order valence-electron chi connectivity index (χ3n) is 4.84. The van der Waals surface area contributed by atoms with E-state index in [4.69, 9.17) is 10.2 Å². The van der Waals surface area contributed by atoms with Crippen molar-refractivity contribution in [2.45, 2.75) is 77.2 Å². The van der Waals surface area contributed by atoms with Crippen LogP contribution in [0.4, 0.5) is 0 Å². The highest BCUT2D eigenvalue weighted by atomic mass is 32.1. The number of nitrogens with two attached hydrogens (primary N) is 1. The second-order valence-corrected chi connectivity index (χ2v) is 13.7. The quantitative estimate of drug-likeness (QED) is 0.833. The van der Waals surface area contributed by atoms with E-state index in [2.05, 4.69) is 51.0 Å². The largest absolute Gasteiger partial charge is 0.408 e. The first-order valence-electron chi connectivity index (χ1n) is 7.84. The molecule has 1 atom stereocenters. The predicted octanol–water partition coefficient (Wildman–Crippen LogP) is 3.90. The van der Waals surface area contributed by atoms with Crippen molar-refractivity contribution < 1.29 is 4.43 Å². The van der Waals surface area contributed by atoms with Gasteiger partial charge in [-0.05, 0) is 43.8 Å². The van der Waals surface area contributed by atoms with E-state index in [1.807, 2.05) is 0 Å². The van der Waals surface area contributed by atoms with E-state index in [1.165, 1.54) is 0 Å². The molecule has 21 heavy (non-hydrogen) atoms. The SMILES string of the molecule is CC(O[Si](C)(C)C(C)(C)C)c1nnc(CC2CC(N)C2)s1. The monoisotopic (exact) mass is 327 g/mol. The number of hydrogen-bond donors (Lipinski definition) is 1. The van der Waals surface area contributed by atoms with Crippen LogP contribution in [0.25, 0.3) is 0 Å². The zero-order valence-corrected chi connectivity index (χ0v) is 16.0. The second-order valence-electron chi connectivity index (χ2n) is 7.86. The molecule has 2 rings (SSSR count). The summed E-state index contributed by atoms with van der Waals surface area (Å²) in [5.41, 5.74) is 5.84. The molecule has 0 saturated heterocycles. The molecule has 0 bridgehead atoms. The van der Waals surface area contributed by atoms with E-state index < -0.39 is 8.32 Å². The fourth-order valence-corrected chi connectivity index (χ4v) is 4.76. The van der Waals surface area contributed by atoms with Crippen molar-refractivity contribution in [2.75, 3.05) is 0 Å². The predicted molar refractivity (Wildman–Crippen MR) is 91.0 cm³/mol. The van der Waals surface area contributed by atoms with Crippen LogP contribution in [0.2, 0.25) is 18.1 Å². The smallest absolute Gasteiger partial charge is 0.193 e. The lowest BCUT2D eigenvalue weighted by Gasteiger charge is -2.37. The summed E-state index contributed by atoms with van der Waals surface area (Å²) in [6, 6.07) is 0.406. The van der Waals surface area contributed by atoms with Gasteiger partial charge in [-0.25, -0.2) is 0 Å². The van der Waals surface area contributed by atoms with E-state index in [-0.39, 0.29) is 11.1 Å². The average molecular weight is 328 g/mol. The van der Waals surface area contributed by atoms with E-state index in [1.54, 1.807) is 11.3 Å². The first kappa shape index (κ1) is 17.1. The lowest BCUT2D eigenvalue weighted by Crippen LogP contribution is -2.41. The van der Waals surface area contributed by atoms with Crippen molar-refractivity contribution in [3.05, 3.63) is 10.0 Å². The summed E-state index contributed by atoms with van der Waals surface area (Å²) in [5, 5.41) is 11.1. The van der Waals surface area contributed by atoms with Crippen molar-refractivity contribution in [3.8, 4) is 0 Å². The van der Waals surface area contributed by atoms with Crippen LogP contribution in [0.1, 0.15) is 56.7 Å². The molecular weight excluding hydrogens is 298 g/mol. The van der Waals surface area contributed by atoms with Gasteiger partial charge in [-0.15, -0.1) is 10.2 Å². The normalized spacial score (nSPS) is 24.7. The maximum Gasteiger partial charge on any atom is 0.193 e. The van der Waals surface area contributed by atoms with Crippen LogP contribution in [0, 0.1) is 5.92 Å². The minimum absolute atomic E-state index is 0.0424. The van der Waals surface area contributed by atoms with Gasteiger partial charge in [0.15, 0.2) is 8.32 Å². The standard InChI is InChI=1S/C15H29N3OSSi/c1-10(19-21(5,6)15(2,3)4)14-18-17-13(20-14)9-11-7-12(16)8-11/h10-12H,7-9,16H2,1-6H3. The zero-order chi connectivity index (χ0) is 15.8. The van der Waals surface area contributed by atoms with E-state index in [0.29, 0.717) is 12.0 Å². The summed E-state index contributed by atoms with van der Waals surface area (Å²) in [6.45, 7) is 13.4. The Kier molecular flexibility index (Phi) is 4.93. The third-order valence-corrected chi connectivity index (χ3v) is 10.5. The Morgan fingerprint density at radius 3 is 2.48 bits per heavy atom. The van der Waals surface area contributed by atoms with Gasteiger partial charge < -0.3 is 10.2 Å². The van der Waals surface area contributed by atoms with E-state index in [9.17, 15) is 0 Å². The van der Waals surface area contributed by atoms with Gasteiger partial charge in [0.25, 0.3) is 0 Å². The summed E-state index contributed by atoms with van der Waals surface area (Å²) < 4.78 is 6.39. The van der Waals surface area contributed by atoms with Gasteiger partial charge in [-0.3, -0.25) is 0 Å². The molecule has 0 aromatic carbocycles. The maximum absolute atomic E-state index is 6.39. The van der Waals surface area contributed by atoms with E-state index >= 15 is 0 Å². The highest BCUT2D eigenvalue weighted by Crippen LogP contribution is 2.40. The minimum Gasteiger partial charge on any atom is -0.408 e. The summed E-state index contributed by atoms with van der Waals surface area (Å²) in [6.07, 6.45) is 3.33. The van der Waals surface area contributed by atoms with E-state index in [0.717, 1.165) is 29.3 Å². The molecule has 1 unspecified atom stereocenters. The van der Waals surface area contributed by atoms with Gasteiger partial charge in [0.2, 0.25) is 0 Å². The third kappa shape index (κ3) is 4.12. The van der Waals surface area contributed by atoms with Gasteiger partial charge in [-0.2, -0.15) is 0 Å². The van der Waals surface area contributed by atoms with Crippen LogP contribution in [0.5, 0.6) is 0 Å². The van der Waals surface area contributed by atoms with Crippen LogP contribution in [-0.2, 0) is 10.8 Å². The number of rotatable bonds is 5. The van der Waals surface area contributed by atoms with Crippen molar-refractivity contribution in [2.24, 2.45) is 11.7 Å². The maximum atomic E-state index is 6.39. The molecular formula is C15H29N3OSSi. The fourth-order valence-electron chi connectivity index (χ4n) is 2.38. The molecule has 4 nitrogen and oxygen atoms in total. The summed E-state index contributed by atoms with van der Waals surface area (Å²) >= 11 is 1.71.